The van der Waals surface area contributed by atoms with Gasteiger partial charge in [0.25, 0.3) is 10.1 Å². The van der Waals surface area contributed by atoms with Gasteiger partial charge in [0.05, 0.1) is 4.90 Å². The Morgan fingerprint density at radius 2 is 1.57 bits per heavy atom. The average molecular weight is 307 g/mol. The second-order valence-electron chi connectivity index (χ2n) is 4.96. The fourth-order valence-electron chi connectivity index (χ4n) is 1.70. The molecule has 0 spiro atoms. The van der Waals surface area contributed by atoms with Crippen molar-refractivity contribution in [3.8, 4) is 0 Å². The van der Waals surface area contributed by atoms with E-state index in [0.717, 1.165) is 12.0 Å². The third kappa shape index (κ3) is 7.04. The van der Waals surface area contributed by atoms with Gasteiger partial charge in [-0.1, -0.05) is 48.0 Å². The summed E-state index contributed by atoms with van der Waals surface area (Å²) in [4.78, 5) is -0.0666. The molecule has 0 heterocycles. The van der Waals surface area contributed by atoms with Crippen LogP contribution < -0.4 is 5.73 Å². The molecule has 1 unspecified atom stereocenters. The molecule has 114 valence electrons. The third-order valence-corrected chi connectivity index (χ3v) is 3.59. The molecule has 5 heteroatoms. The highest BCUT2D eigenvalue weighted by molar-refractivity contribution is 7.85. The minimum Gasteiger partial charge on any atom is -0.328 e. The molecular weight excluding hydrogens is 286 g/mol. The van der Waals surface area contributed by atoms with E-state index in [-0.39, 0.29) is 10.9 Å². The van der Waals surface area contributed by atoms with Crippen molar-refractivity contribution in [1.82, 2.24) is 0 Å². The molecule has 0 radical (unpaired) electrons. The van der Waals surface area contributed by atoms with E-state index >= 15 is 0 Å². The van der Waals surface area contributed by atoms with Gasteiger partial charge in [-0.2, -0.15) is 8.42 Å². The Bertz CT molecular complexity index is 635. The molecule has 2 aromatic rings. The summed E-state index contributed by atoms with van der Waals surface area (Å²) in [5, 5.41) is 0. The van der Waals surface area contributed by atoms with Crippen molar-refractivity contribution in [3.63, 3.8) is 0 Å². The number of hydrogen-bond acceptors (Lipinski definition) is 3. The quantitative estimate of drug-likeness (QED) is 0.854. The van der Waals surface area contributed by atoms with Crippen LogP contribution in [0.3, 0.4) is 0 Å². The molecule has 0 saturated heterocycles. The van der Waals surface area contributed by atoms with Gasteiger partial charge in [0, 0.05) is 6.04 Å². The van der Waals surface area contributed by atoms with Crippen molar-refractivity contribution < 1.29 is 13.0 Å². The van der Waals surface area contributed by atoms with Crippen LogP contribution >= 0.6 is 0 Å². The van der Waals surface area contributed by atoms with Crippen molar-refractivity contribution in [2.24, 2.45) is 5.73 Å². The highest BCUT2D eigenvalue weighted by atomic mass is 32.2. The predicted octanol–water partition coefficient (Wildman–Crippen LogP) is 2.82. The summed E-state index contributed by atoms with van der Waals surface area (Å²) in [6.45, 7) is 3.86. The summed E-state index contributed by atoms with van der Waals surface area (Å²) in [7, 11) is -4.02. The smallest absolute Gasteiger partial charge is 0.294 e. The molecule has 0 fully saturated rings. The molecule has 21 heavy (non-hydrogen) atoms. The lowest BCUT2D eigenvalue weighted by atomic mass is 10.1. The Hall–Kier alpha value is -1.69. The minimum absolute atomic E-state index is 0.0666. The van der Waals surface area contributed by atoms with E-state index in [9.17, 15) is 8.42 Å². The van der Waals surface area contributed by atoms with E-state index in [2.05, 4.69) is 12.1 Å². The molecule has 0 aliphatic heterocycles. The molecule has 0 aromatic heterocycles. The van der Waals surface area contributed by atoms with Crippen LogP contribution in [0.15, 0.2) is 59.5 Å². The summed E-state index contributed by atoms with van der Waals surface area (Å²) >= 11 is 0. The van der Waals surface area contributed by atoms with E-state index in [1.54, 1.807) is 12.1 Å². The SMILES string of the molecule is CC(N)Cc1ccccc1.Cc1ccc(S(=O)(=O)O)cc1. The van der Waals surface area contributed by atoms with Gasteiger partial charge >= 0.3 is 0 Å². The van der Waals surface area contributed by atoms with Crippen LogP contribution in [0.1, 0.15) is 18.1 Å². The molecule has 2 aromatic carbocycles. The number of hydrogen-bond donors (Lipinski definition) is 2. The van der Waals surface area contributed by atoms with E-state index in [1.807, 2.05) is 32.0 Å². The van der Waals surface area contributed by atoms with Crippen LogP contribution in [-0.4, -0.2) is 19.0 Å². The zero-order chi connectivity index (χ0) is 15.9. The summed E-state index contributed by atoms with van der Waals surface area (Å²) in [5.41, 5.74) is 7.90. The van der Waals surface area contributed by atoms with Crippen LogP contribution in [0.4, 0.5) is 0 Å². The fourth-order valence-corrected chi connectivity index (χ4v) is 2.18. The minimum atomic E-state index is -4.02. The van der Waals surface area contributed by atoms with Crippen molar-refractivity contribution in [2.75, 3.05) is 0 Å². The first-order valence-electron chi connectivity index (χ1n) is 6.62. The highest BCUT2D eigenvalue weighted by Crippen LogP contribution is 2.08. The number of benzene rings is 2. The normalized spacial score (nSPS) is 12.2. The monoisotopic (exact) mass is 307 g/mol. The van der Waals surface area contributed by atoms with Gasteiger partial charge in [0.2, 0.25) is 0 Å². The van der Waals surface area contributed by atoms with Gasteiger partial charge in [0.1, 0.15) is 0 Å². The molecule has 0 aliphatic rings. The highest BCUT2D eigenvalue weighted by Gasteiger charge is 2.06. The first-order valence-corrected chi connectivity index (χ1v) is 8.06. The van der Waals surface area contributed by atoms with Crippen LogP contribution in [-0.2, 0) is 16.5 Å². The first kappa shape index (κ1) is 17.4. The summed E-state index contributed by atoms with van der Waals surface area (Å²) in [6.07, 6.45) is 0.973. The second kappa shape index (κ2) is 7.93. The number of aryl methyl sites for hydroxylation is 1. The Labute approximate surface area is 126 Å². The van der Waals surface area contributed by atoms with Gasteiger partial charge in [-0.3, -0.25) is 4.55 Å². The van der Waals surface area contributed by atoms with Crippen LogP contribution in [0.2, 0.25) is 0 Å². The molecule has 4 nitrogen and oxygen atoms in total. The predicted molar refractivity (Wildman–Crippen MR) is 84.8 cm³/mol. The maximum atomic E-state index is 10.5. The molecule has 2 rings (SSSR count). The topological polar surface area (TPSA) is 80.4 Å². The molecule has 0 bridgehead atoms. The molecular formula is C16H21NO3S. The number of nitrogens with two attached hydrogens (primary N) is 1. The molecule has 1 atom stereocenters. The van der Waals surface area contributed by atoms with E-state index in [0.29, 0.717) is 0 Å². The maximum absolute atomic E-state index is 10.5. The van der Waals surface area contributed by atoms with Crippen molar-refractivity contribution in [1.29, 1.82) is 0 Å². The van der Waals surface area contributed by atoms with Crippen LogP contribution in [0.5, 0.6) is 0 Å². The first-order chi connectivity index (χ1) is 9.79. The molecule has 0 saturated carbocycles. The van der Waals surface area contributed by atoms with Crippen molar-refractivity contribution in [2.45, 2.75) is 31.2 Å². The number of rotatable bonds is 3. The lowest BCUT2D eigenvalue weighted by molar-refractivity contribution is 0.483. The summed E-state index contributed by atoms with van der Waals surface area (Å²) in [5.74, 6) is 0. The van der Waals surface area contributed by atoms with Gasteiger partial charge in [-0.05, 0) is 38.0 Å². The standard InChI is InChI=1S/C9H13N.C7H8O3S/c1-8(10)7-9-5-3-2-4-6-9;1-6-2-4-7(5-3-6)11(8,9)10/h2-6,8H,7,10H2,1H3;2-5H,1H3,(H,8,9,10). The van der Waals surface area contributed by atoms with Crippen molar-refractivity contribution in [3.05, 3.63) is 65.7 Å². The molecule has 3 N–H and O–H groups in total. The van der Waals surface area contributed by atoms with Crippen LogP contribution in [0, 0.1) is 6.92 Å². The Morgan fingerprint density at radius 3 is 2.00 bits per heavy atom. The maximum Gasteiger partial charge on any atom is 0.294 e. The average Bonchev–Trinajstić information content (AvgIpc) is 2.39. The zero-order valence-corrected chi connectivity index (χ0v) is 13.0. The van der Waals surface area contributed by atoms with E-state index in [4.69, 9.17) is 10.3 Å². The van der Waals surface area contributed by atoms with Gasteiger partial charge in [0.15, 0.2) is 0 Å². The summed E-state index contributed by atoms with van der Waals surface area (Å²) in [6, 6.07) is 16.6. The van der Waals surface area contributed by atoms with Gasteiger partial charge < -0.3 is 5.73 Å². The Morgan fingerprint density at radius 1 is 1.05 bits per heavy atom. The van der Waals surface area contributed by atoms with Gasteiger partial charge in [-0.25, -0.2) is 0 Å². The Balaban J connectivity index is 0.000000211. The third-order valence-electron chi connectivity index (χ3n) is 2.72. The lowest BCUT2D eigenvalue weighted by Crippen LogP contribution is -2.17. The van der Waals surface area contributed by atoms with E-state index < -0.39 is 10.1 Å². The largest absolute Gasteiger partial charge is 0.328 e. The van der Waals surface area contributed by atoms with Crippen molar-refractivity contribution >= 4 is 10.1 Å². The summed E-state index contributed by atoms with van der Waals surface area (Å²) < 4.78 is 29.6. The van der Waals surface area contributed by atoms with E-state index in [1.165, 1.54) is 17.7 Å². The zero-order valence-electron chi connectivity index (χ0n) is 12.2. The Kier molecular flexibility index (Phi) is 6.55. The van der Waals surface area contributed by atoms with Gasteiger partial charge in [-0.15, -0.1) is 0 Å². The fraction of sp³-hybridized carbons (Fsp3) is 0.250. The lowest BCUT2D eigenvalue weighted by Gasteiger charge is -2.02. The molecule has 0 amide bonds. The second-order valence-corrected chi connectivity index (χ2v) is 6.38. The van der Waals surface area contributed by atoms with Crippen LogP contribution in [0.25, 0.3) is 0 Å². The molecule has 0 aliphatic carbocycles.